The van der Waals surface area contributed by atoms with Crippen molar-refractivity contribution in [1.82, 2.24) is 14.8 Å². The van der Waals surface area contributed by atoms with Crippen LogP contribution < -0.4 is 0 Å². The predicted octanol–water partition coefficient (Wildman–Crippen LogP) is 2.83. The van der Waals surface area contributed by atoms with Crippen LogP contribution >= 0.6 is 0 Å². The molecule has 8 nitrogen and oxygen atoms in total. The average Bonchev–Trinajstić information content (AvgIpc) is 3.24. The van der Waals surface area contributed by atoms with Gasteiger partial charge in [-0.2, -0.15) is 4.99 Å². The summed E-state index contributed by atoms with van der Waals surface area (Å²) in [5, 5.41) is 0. The molecule has 2 aliphatic heterocycles. The Bertz CT molecular complexity index is 995. The topological polar surface area (TPSA) is 95.1 Å². The summed E-state index contributed by atoms with van der Waals surface area (Å²) in [6.07, 6.45) is 9.36. The van der Waals surface area contributed by atoms with Gasteiger partial charge in [-0.05, 0) is 45.3 Å². The first-order chi connectivity index (χ1) is 14.9. The minimum absolute atomic E-state index is 0.0107. The summed E-state index contributed by atoms with van der Waals surface area (Å²) < 4.78 is 5.07. The van der Waals surface area contributed by atoms with E-state index < -0.39 is 5.97 Å². The minimum Gasteiger partial charge on any atom is -0.461 e. The number of aromatic nitrogens is 1. The molecule has 1 atom stereocenters. The molecule has 0 saturated carbocycles. The number of likely N-dealkylation sites (tertiary alicyclic amines) is 1. The van der Waals surface area contributed by atoms with Gasteiger partial charge < -0.3 is 14.6 Å². The standard InChI is InChI=1S/C23H28N4O4/c1-4-31-22(29)21-14(2)20(15(3)24-21)19(28)13-26-11-9-16(10-12-26)27-18-8-6-5-7-17(18)25-23(27)30/h5-8,16,18,24H,4,9-13H2,1-3H3. The molecule has 4 rings (SSSR count). The highest BCUT2D eigenvalue weighted by Gasteiger charge is 2.39. The molecule has 1 aromatic rings. The van der Waals surface area contributed by atoms with Gasteiger partial charge in [-0.3, -0.25) is 9.69 Å². The normalized spacial score (nSPS) is 21.4. The Morgan fingerprint density at radius 3 is 2.68 bits per heavy atom. The number of amides is 2. The van der Waals surface area contributed by atoms with Gasteiger partial charge in [0, 0.05) is 30.4 Å². The highest BCUT2D eigenvalue weighted by Crippen LogP contribution is 2.27. The number of urea groups is 1. The number of H-pyrrole nitrogens is 1. The minimum atomic E-state index is -0.438. The molecule has 1 unspecified atom stereocenters. The predicted molar refractivity (Wildman–Crippen MR) is 117 cm³/mol. The lowest BCUT2D eigenvalue weighted by Gasteiger charge is -2.38. The molecule has 1 aliphatic carbocycles. The second kappa shape index (κ2) is 8.63. The molecule has 0 spiro atoms. The summed E-state index contributed by atoms with van der Waals surface area (Å²) in [5.41, 5.74) is 3.04. The lowest BCUT2D eigenvalue weighted by molar-refractivity contribution is 0.0519. The number of aliphatic imine (C=N–C) groups is 1. The number of ether oxygens (including phenoxy) is 1. The number of fused-ring (bicyclic) bond motifs is 1. The molecular weight excluding hydrogens is 396 g/mol. The SMILES string of the molecule is CCOC(=O)c1[nH]c(C)c(C(=O)CN2CCC(N3C(=O)N=C4C=CC=CC43)CC2)c1C. The molecule has 1 saturated heterocycles. The fourth-order valence-electron chi connectivity index (χ4n) is 4.74. The van der Waals surface area contributed by atoms with Crippen LogP contribution in [0.4, 0.5) is 4.79 Å². The number of hydrogen-bond donors (Lipinski definition) is 1. The van der Waals surface area contributed by atoms with E-state index in [4.69, 9.17) is 4.74 Å². The number of aromatic amines is 1. The zero-order valence-corrected chi connectivity index (χ0v) is 18.2. The second-order valence-corrected chi connectivity index (χ2v) is 8.19. The maximum atomic E-state index is 13.0. The smallest absolute Gasteiger partial charge is 0.355 e. The first kappa shape index (κ1) is 21.2. The van der Waals surface area contributed by atoms with E-state index in [1.807, 2.05) is 29.2 Å². The van der Waals surface area contributed by atoms with Crippen molar-refractivity contribution in [3.63, 3.8) is 0 Å². The molecule has 0 radical (unpaired) electrons. The van der Waals surface area contributed by atoms with Crippen molar-refractivity contribution in [2.24, 2.45) is 4.99 Å². The Hall–Kier alpha value is -3.00. The van der Waals surface area contributed by atoms with Crippen LogP contribution in [-0.2, 0) is 4.74 Å². The van der Waals surface area contributed by atoms with E-state index in [9.17, 15) is 14.4 Å². The monoisotopic (exact) mass is 424 g/mol. The van der Waals surface area contributed by atoms with Gasteiger partial charge in [0.05, 0.1) is 24.9 Å². The molecular formula is C23H28N4O4. The molecule has 1 aromatic heterocycles. The van der Waals surface area contributed by atoms with Crippen LogP contribution in [0.5, 0.6) is 0 Å². The van der Waals surface area contributed by atoms with Crippen LogP contribution in [0, 0.1) is 13.8 Å². The van der Waals surface area contributed by atoms with E-state index >= 15 is 0 Å². The molecule has 2 amide bonds. The number of nitrogens with zero attached hydrogens (tertiary/aromatic N) is 3. The summed E-state index contributed by atoms with van der Waals surface area (Å²) in [5.74, 6) is -0.449. The third kappa shape index (κ3) is 3.99. The van der Waals surface area contributed by atoms with E-state index in [1.165, 1.54) is 0 Å². The number of allylic oxidation sites excluding steroid dienone is 2. The molecule has 164 valence electrons. The first-order valence-electron chi connectivity index (χ1n) is 10.8. The molecule has 1 N–H and O–H groups in total. The number of aryl methyl sites for hydroxylation is 1. The molecule has 31 heavy (non-hydrogen) atoms. The Balaban J connectivity index is 1.37. The number of rotatable bonds is 6. The summed E-state index contributed by atoms with van der Waals surface area (Å²) in [6.45, 7) is 7.37. The van der Waals surface area contributed by atoms with Crippen molar-refractivity contribution < 1.29 is 19.1 Å². The molecule has 3 aliphatic rings. The van der Waals surface area contributed by atoms with Crippen molar-refractivity contribution >= 4 is 23.5 Å². The fourth-order valence-corrected chi connectivity index (χ4v) is 4.74. The number of Topliss-reactive ketones (excluding diaryl/α,β-unsaturated/α-hetero) is 1. The van der Waals surface area contributed by atoms with E-state index in [1.54, 1.807) is 20.8 Å². The third-order valence-corrected chi connectivity index (χ3v) is 6.23. The van der Waals surface area contributed by atoms with E-state index in [0.29, 0.717) is 22.5 Å². The van der Waals surface area contributed by atoms with Gasteiger partial charge in [0.2, 0.25) is 0 Å². The zero-order valence-electron chi connectivity index (χ0n) is 18.2. The van der Waals surface area contributed by atoms with Gasteiger partial charge in [-0.15, -0.1) is 0 Å². The maximum Gasteiger partial charge on any atom is 0.355 e. The highest BCUT2D eigenvalue weighted by molar-refractivity contribution is 6.12. The number of carbonyl (C=O) groups excluding carboxylic acids is 3. The number of piperidine rings is 1. The fraction of sp³-hybridized carbons (Fsp3) is 0.478. The lowest BCUT2D eigenvalue weighted by atomic mass is 9.98. The number of carbonyl (C=O) groups is 3. The van der Waals surface area contributed by atoms with Crippen LogP contribution in [0.25, 0.3) is 0 Å². The number of ketones is 1. The summed E-state index contributed by atoms with van der Waals surface area (Å²) in [4.78, 5) is 48.7. The van der Waals surface area contributed by atoms with E-state index in [0.717, 1.165) is 31.6 Å². The van der Waals surface area contributed by atoms with Crippen LogP contribution in [-0.4, -0.2) is 76.6 Å². The van der Waals surface area contributed by atoms with Crippen LogP contribution in [0.3, 0.4) is 0 Å². The van der Waals surface area contributed by atoms with Gasteiger partial charge in [-0.1, -0.05) is 18.2 Å². The van der Waals surface area contributed by atoms with Crippen molar-refractivity contribution in [2.75, 3.05) is 26.2 Å². The van der Waals surface area contributed by atoms with Crippen molar-refractivity contribution in [3.8, 4) is 0 Å². The number of nitrogens with one attached hydrogen (secondary N) is 1. The third-order valence-electron chi connectivity index (χ3n) is 6.23. The van der Waals surface area contributed by atoms with Gasteiger partial charge in [0.1, 0.15) is 5.69 Å². The summed E-state index contributed by atoms with van der Waals surface area (Å²) in [6, 6.07) is -0.120. The average molecular weight is 425 g/mol. The Kier molecular flexibility index (Phi) is 5.91. The summed E-state index contributed by atoms with van der Waals surface area (Å²) in [7, 11) is 0. The second-order valence-electron chi connectivity index (χ2n) is 8.19. The Morgan fingerprint density at radius 1 is 1.23 bits per heavy atom. The lowest BCUT2D eigenvalue weighted by Crippen LogP contribution is -2.50. The zero-order chi connectivity index (χ0) is 22.1. The van der Waals surface area contributed by atoms with Gasteiger partial charge >= 0.3 is 12.0 Å². The quantitative estimate of drug-likeness (QED) is 0.560. The van der Waals surface area contributed by atoms with Crippen LogP contribution in [0.15, 0.2) is 29.3 Å². The van der Waals surface area contributed by atoms with E-state index in [2.05, 4.69) is 14.9 Å². The van der Waals surface area contributed by atoms with Crippen molar-refractivity contribution in [3.05, 3.63) is 46.8 Å². The van der Waals surface area contributed by atoms with Gasteiger partial charge in [-0.25, -0.2) is 9.59 Å². The first-order valence-corrected chi connectivity index (χ1v) is 10.8. The highest BCUT2D eigenvalue weighted by atomic mass is 16.5. The van der Waals surface area contributed by atoms with Crippen LogP contribution in [0.2, 0.25) is 0 Å². The van der Waals surface area contributed by atoms with Crippen molar-refractivity contribution in [2.45, 2.75) is 45.7 Å². The molecule has 8 heteroatoms. The van der Waals surface area contributed by atoms with E-state index in [-0.39, 0.29) is 37.0 Å². The van der Waals surface area contributed by atoms with Crippen LogP contribution in [0.1, 0.15) is 51.9 Å². The van der Waals surface area contributed by atoms with Gasteiger partial charge in [0.15, 0.2) is 5.78 Å². The van der Waals surface area contributed by atoms with Gasteiger partial charge in [0.25, 0.3) is 0 Å². The van der Waals surface area contributed by atoms with Crippen molar-refractivity contribution in [1.29, 1.82) is 0 Å². The maximum absolute atomic E-state index is 13.0. The largest absolute Gasteiger partial charge is 0.461 e. The number of esters is 1. The molecule has 0 aromatic carbocycles. The molecule has 0 bridgehead atoms. The summed E-state index contributed by atoms with van der Waals surface area (Å²) >= 11 is 0. The molecule has 1 fully saturated rings. The Labute approximate surface area is 181 Å². The number of hydrogen-bond acceptors (Lipinski definition) is 5. The Morgan fingerprint density at radius 2 is 1.97 bits per heavy atom. The molecule has 3 heterocycles.